The lowest BCUT2D eigenvalue weighted by atomic mass is 9.55. The first-order chi connectivity index (χ1) is 10.9. The molecule has 2 aliphatic rings. The monoisotopic (exact) mass is 322 g/mol. The van der Waals surface area contributed by atoms with Gasteiger partial charge in [-0.2, -0.15) is 0 Å². The summed E-state index contributed by atoms with van der Waals surface area (Å²) in [6, 6.07) is 0. The lowest BCUT2D eigenvalue weighted by Crippen LogP contribution is -2.43. The molecule has 0 amide bonds. The van der Waals surface area contributed by atoms with Gasteiger partial charge in [-0.1, -0.05) is 66.7 Å². The minimum absolute atomic E-state index is 0.0913. The van der Waals surface area contributed by atoms with Crippen LogP contribution in [0.1, 0.15) is 98.8 Å². The summed E-state index contributed by atoms with van der Waals surface area (Å²) in [5, 5.41) is 11.1. The fraction of sp³-hybridized carbons (Fsp3) is 1.00. The molecule has 2 saturated carbocycles. The van der Waals surface area contributed by atoms with Crippen LogP contribution in [-0.4, -0.2) is 11.2 Å². The molecule has 0 spiro atoms. The third kappa shape index (κ3) is 4.33. The second-order valence-corrected chi connectivity index (χ2v) is 9.28. The minimum atomic E-state index is -0.0913. The third-order valence-corrected chi connectivity index (χ3v) is 7.94. The molecule has 0 bridgehead atoms. The quantitative estimate of drug-likeness (QED) is 0.633. The number of rotatable bonds is 3. The van der Waals surface area contributed by atoms with Crippen LogP contribution in [0.5, 0.6) is 0 Å². The summed E-state index contributed by atoms with van der Waals surface area (Å²) < 4.78 is 0. The van der Waals surface area contributed by atoms with E-state index in [4.69, 9.17) is 0 Å². The number of hydrogen-bond donors (Lipinski definition) is 1. The number of hydrogen-bond acceptors (Lipinski definition) is 1. The molecule has 1 nitrogen and oxygen atoms in total. The standard InChI is InChI=1S/C22H42O/c1-6-18-10-8-9-11-20-13-12-19(16(3)4)14-22(20,7-2)15-21(23)17(18)5/h16-21,23H,6-15H2,1-5H3. The van der Waals surface area contributed by atoms with Crippen LogP contribution in [0.2, 0.25) is 0 Å². The molecule has 6 atom stereocenters. The fourth-order valence-corrected chi connectivity index (χ4v) is 5.91. The molecule has 1 heteroatoms. The molecule has 0 aliphatic heterocycles. The summed E-state index contributed by atoms with van der Waals surface area (Å²) in [6.07, 6.45) is 13.2. The first-order valence-corrected chi connectivity index (χ1v) is 10.6. The summed E-state index contributed by atoms with van der Waals surface area (Å²) >= 11 is 0. The summed E-state index contributed by atoms with van der Waals surface area (Å²) in [7, 11) is 0. The van der Waals surface area contributed by atoms with Crippen molar-refractivity contribution in [3.05, 3.63) is 0 Å². The Kier molecular flexibility index (Phi) is 7.01. The Hall–Kier alpha value is -0.0400. The van der Waals surface area contributed by atoms with E-state index in [-0.39, 0.29) is 6.10 Å². The van der Waals surface area contributed by atoms with Gasteiger partial charge in [0.25, 0.3) is 0 Å². The van der Waals surface area contributed by atoms with Gasteiger partial charge < -0.3 is 5.11 Å². The van der Waals surface area contributed by atoms with Crippen molar-refractivity contribution in [1.82, 2.24) is 0 Å². The lowest BCUT2D eigenvalue weighted by Gasteiger charge is -2.50. The van der Waals surface area contributed by atoms with Gasteiger partial charge in [0.15, 0.2) is 0 Å². The second kappa shape index (κ2) is 8.37. The van der Waals surface area contributed by atoms with Crippen molar-refractivity contribution in [2.24, 2.45) is 35.0 Å². The molecule has 2 rings (SSSR count). The maximum absolute atomic E-state index is 11.1. The molecule has 23 heavy (non-hydrogen) atoms. The Balaban J connectivity index is 2.22. The van der Waals surface area contributed by atoms with Crippen LogP contribution in [0.25, 0.3) is 0 Å². The average molecular weight is 323 g/mol. The molecule has 2 aliphatic carbocycles. The lowest BCUT2D eigenvalue weighted by molar-refractivity contribution is -0.0423. The molecule has 0 saturated heterocycles. The van der Waals surface area contributed by atoms with Crippen molar-refractivity contribution >= 4 is 0 Å². The van der Waals surface area contributed by atoms with E-state index in [1.807, 2.05) is 0 Å². The van der Waals surface area contributed by atoms with E-state index >= 15 is 0 Å². The van der Waals surface area contributed by atoms with Crippen LogP contribution in [-0.2, 0) is 0 Å². The SMILES string of the molecule is CCC1CCCCC2CCC(C(C)C)CC2(CC)CC(O)C1C. The summed E-state index contributed by atoms with van der Waals surface area (Å²) in [5.74, 6) is 3.73. The maximum atomic E-state index is 11.1. The number of aliphatic hydroxyl groups is 1. The summed E-state index contributed by atoms with van der Waals surface area (Å²) in [4.78, 5) is 0. The topological polar surface area (TPSA) is 20.2 Å². The highest BCUT2D eigenvalue weighted by atomic mass is 16.3. The van der Waals surface area contributed by atoms with Gasteiger partial charge in [0.2, 0.25) is 0 Å². The van der Waals surface area contributed by atoms with Crippen LogP contribution in [0.4, 0.5) is 0 Å². The van der Waals surface area contributed by atoms with Gasteiger partial charge >= 0.3 is 0 Å². The molecule has 136 valence electrons. The summed E-state index contributed by atoms with van der Waals surface area (Å²) in [5.41, 5.74) is 0.413. The van der Waals surface area contributed by atoms with E-state index in [0.717, 1.165) is 30.1 Å². The Bertz CT molecular complexity index is 350. The van der Waals surface area contributed by atoms with Crippen molar-refractivity contribution in [1.29, 1.82) is 0 Å². The third-order valence-electron chi connectivity index (χ3n) is 7.94. The molecule has 0 radical (unpaired) electrons. The highest BCUT2D eigenvalue weighted by Gasteiger charge is 2.45. The predicted molar refractivity (Wildman–Crippen MR) is 100 cm³/mol. The molecular weight excluding hydrogens is 280 g/mol. The normalized spacial score (nSPS) is 43.2. The Labute approximate surface area is 145 Å². The van der Waals surface area contributed by atoms with Crippen LogP contribution >= 0.6 is 0 Å². The average Bonchev–Trinajstić information content (AvgIpc) is 2.54. The Morgan fingerprint density at radius 1 is 1.00 bits per heavy atom. The fourth-order valence-electron chi connectivity index (χ4n) is 5.91. The molecule has 6 unspecified atom stereocenters. The Morgan fingerprint density at radius 2 is 1.70 bits per heavy atom. The van der Waals surface area contributed by atoms with E-state index in [9.17, 15) is 5.11 Å². The highest BCUT2D eigenvalue weighted by Crippen LogP contribution is 2.54. The molecule has 1 N–H and O–H groups in total. The van der Waals surface area contributed by atoms with Gasteiger partial charge in [-0.25, -0.2) is 0 Å². The largest absolute Gasteiger partial charge is 0.393 e. The van der Waals surface area contributed by atoms with Gasteiger partial charge in [0.05, 0.1) is 6.10 Å². The van der Waals surface area contributed by atoms with Crippen molar-refractivity contribution in [3.8, 4) is 0 Å². The van der Waals surface area contributed by atoms with Gasteiger partial charge in [-0.05, 0) is 67.1 Å². The minimum Gasteiger partial charge on any atom is -0.393 e. The van der Waals surface area contributed by atoms with E-state index in [0.29, 0.717) is 11.3 Å². The van der Waals surface area contributed by atoms with E-state index < -0.39 is 0 Å². The molecule has 0 aromatic rings. The first kappa shape index (κ1) is 19.3. The van der Waals surface area contributed by atoms with Crippen LogP contribution in [0.3, 0.4) is 0 Å². The molecule has 0 aromatic heterocycles. The zero-order valence-electron chi connectivity index (χ0n) is 16.5. The summed E-state index contributed by atoms with van der Waals surface area (Å²) in [6.45, 7) is 11.8. The molecule has 2 fully saturated rings. The van der Waals surface area contributed by atoms with Gasteiger partial charge in [-0.15, -0.1) is 0 Å². The molecule has 0 heterocycles. The highest BCUT2D eigenvalue weighted by molar-refractivity contribution is 4.95. The van der Waals surface area contributed by atoms with Gasteiger partial charge in [-0.3, -0.25) is 0 Å². The zero-order chi connectivity index (χ0) is 17.0. The van der Waals surface area contributed by atoms with E-state index in [1.165, 1.54) is 57.8 Å². The second-order valence-electron chi connectivity index (χ2n) is 9.28. The van der Waals surface area contributed by atoms with Crippen molar-refractivity contribution in [2.45, 2.75) is 105 Å². The van der Waals surface area contributed by atoms with Crippen molar-refractivity contribution < 1.29 is 5.11 Å². The molecule has 0 aromatic carbocycles. The van der Waals surface area contributed by atoms with Crippen LogP contribution in [0.15, 0.2) is 0 Å². The Morgan fingerprint density at radius 3 is 2.30 bits per heavy atom. The van der Waals surface area contributed by atoms with Crippen LogP contribution in [0, 0.1) is 35.0 Å². The van der Waals surface area contributed by atoms with Gasteiger partial charge in [0, 0.05) is 0 Å². The zero-order valence-corrected chi connectivity index (χ0v) is 16.5. The predicted octanol–water partition coefficient (Wildman–Crippen LogP) is 6.44. The number of aliphatic hydroxyl groups excluding tert-OH is 1. The van der Waals surface area contributed by atoms with E-state index in [2.05, 4.69) is 34.6 Å². The van der Waals surface area contributed by atoms with E-state index in [1.54, 1.807) is 0 Å². The van der Waals surface area contributed by atoms with Gasteiger partial charge in [0.1, 0.15) is 0 Å². The smallest absolute Gasteiger partial charge is 0.0573 e. The first-order valence-electron chi connectivity index (χ1n) is 10.6. The van der Waals surface area contributed by atoms with Crippen molar-refractivity contribution in [2.75, 3.05) is 0 Å². The van der Waals surface area contributed by atoms with Crippen molar-refractivity contribution in [3.63, 3.8) is 0 Å². The van der Waals surface area contributed by atoms with Crippen LogP contribution < -0.4 is 0 Å². The molecular formula is C22H42O. The number of fused-ring (bicyclic) bond motifs is 1. The maximum Gasteiger partial charge on any atom is 0.0573 e.